The lowest BCUT2D eigenvalue weighted by molar-refractivity contribution is 0.0693. The second-order valence-corrected chi connectivity index (χ2v) is 6.49. The first-order valence-electron chi connectivity index (χ1n) is 6.68. The number of carboxylic acid groups (broad SMARTS) is 1. The molecule has 8 nitrogen and oxygen atoms in total. The lowest BCUT2D eigenvalue weighted by Crippen LogP contribution is -2.43. The van der Waals surface area contributed by atoms with Gasteiger partial charge >= 0.3 is 5.97 Å². The van der Waals surface area contributed by atoms with Crippen LogP contribution in [0.4, 0.5) is 0 Å². The minimum Gasteiger partial charge on any atom is -0.507 e. The molecular formula is C13H20N2O6S. The van der Waals surface area contributed by atoms with Crippen LogP contribution >= 0.6 is 0 Å². The highest BCUT2D eigenvalue weighted by molar-refractivity contribution is 7.85. The molecule has 1 aromatic rings. The number of nitrogens with two attached hydrogens (primary N) is 2. The second kappa shape index (κ2) is 7.54. The summed E-state index contributed by atoms with van der Waals surface area (Å²) in [4.78, 5) is 9.89. The zero-order chi connectivity index (χ0) is 16.9. The van der Waals surface area contributed by atoms with Crippen LogP contribution in [-0.2, 0) is 10.1 Å². The number of hydrogen-bond donors (Lipinski definition) is 5. The van der Waals surface area contributed by atoms with E-state index in [1.165, 1.54) is 12.8 Å². The van der Waals surface area contributed by atoms with Gasteiger partial charge in [-0.1, -0.05) is 12.8 Å². The van der Waals surface area contributed by atoms with Crippen LogP contribution < -0.4 is 11.5 Å². The van der Waals surface area contributed by atoms with Gasteiger partial charge in [-0.25, -0.2) is 4.79 Å². The quantitative estimate of drug-likeness (QED) is 0.490. The summed E-state index contributed by atoms with van der Waals surface area (Å²) in [6.45, 7) is 0. The number of aromatic hydroxyl groups is 1. The van der Waals surface area contributed by atoms with Crippen molar-refractivity contribution in [2.75, 3.05) is 0 Å². The molecule has 0 radical (unpaired) electrons. The van der Waals surface area contributed by atoms with Crippen molar-refractivity contribution < 1.29 is 28.0 Å². The van der Waals surface area contributed by atoms with E-state index in [0.29, 0.717) is 6.07 Å². The minimum absolute atomic E-state index is 0.281. The summed E-state index contributed by atoms with van der Waals surface area (Å²) in [5.41, 5.74) is 10.7. The maximum absolute atomic E-state index is 10.6. The highest BCUT2D eigenvalue weighted by atomic mass is 32.2. The van der Waals surface area contributed by atoms with Crippen molar-refractivity contribution in [3.8, 4) is 5.75 Å². The summed E-state index contributed by atoms with van der Waals surface area (Å²) in [7, 11) is -4.45. The molecule has 1 aliphatic carbocycles. The van der Waals surface area contributed by atoms with Crippen molar-refractivity contribution in [1.82, 2.24) is 0 Å². The lowest BCUT2D eigenvalue weighted by Gasteiger charge is -2.24. The fourth-order valence-electron chi connectivity index (χ4n) is 2.04. The third-order valence-electron chi connectivity index (χ3n) is 3.37. The van der Waals surface area contributed by atoms with E-state index in [1.54, 1.807) is 0 Å². The number of hydrogen-bond acceptors (Lipinski definition) is 6. The molecule has 2 rings (SSSR count). The summed E-state index contributed by atoms with van der Waals surface area (Å²) in [6.07, 6.45) is 4.80. The molecule has 124 valence electrons. The third kappa shape index (κ3) is 5.26. The van der Waals surface area contributed by atoms with Gasteiger partial charge in [-0.15, -0.1) is 0 Å². The number of phenols is 1. The van der Waals surface area contributed by atoms with E-state index >= 15 is 0 Å². The first kappa shape index (κ1) is 18.4. The molecule has 0 amide bonds. The molecule has 1 aromatic carbocycles. The van der Waals surface area contributed by atoms with E-state index in [0.717, 1.165) is 25.0 Å². The van der Waals surface area contributed by atoms with Gasteiger partial charge < -0.3 is 21.7 Å². The van der Waals surface area contributed by atoms with Gasteiger partial charge in [0.05, 0.1) is 4.90 Å². The van der Waals surface area contributed by atoms with E-state index in [2.05, 4.69) is 0 Å². The Kier molecular flexibility index (Phi) is 6.30. The summed E-state index contributed by atoms with van der Waals surface area (Å²) >= 11 is 0. The Labute approximate surface area is 128 Å². The number of carbonyl (C=O) groups is 1. The molecule has 0 aromatic heterocycles. The molecule has 0 spiro atoms. The normalized spacial score (nSPS) is 21.6. The molecule has 1 aliphatic rings. The monoisotopic (exact) mass is 332 g/mol. The Morgan fingerprint density at radius 3 is 2.00 bits per heavy atom. The predicted molar refractivity (Wildman–Crippen MR) is 79.3 cm³/mol. The Balaban J connectivity index is 0.000000255. The average molecular weight is 332 g/mol. The van der Waals surface area contributed by atoms with Crippen molar-refractivity contribution in [3.63, 3.8) is 0 Å². The first-order chi connectivity index (χ1) is 10.1. The van der Waals surface area contributed by atoms with Crippen LogP contribution in [0.15, 0.2) is 23.1 Å². The van der Waals surface area contributed by atoms with Crippen LogP contribution in [0.25, 0.3) is 0 Å². The van der Waals surface area contributed by atoms with Crippen LogP contribution in [0.5, 0.6) is 5.75 Å². The molecule has 0 saturated heterocycles. The van der Waals surface area contributed by atoms with E-state index in [-0.39, 0.29) is 12.1 Å². The minimum atomic E-state index is -4.45. The summed E-state index contributed by atoms with van der Waals surface area (Å²) in [6, 6.07) is 3.02. The second-order valence-electron chi connectivity index (χ2n) is 5.07. The Morgan fingerprint density at radius 1 is 1.14 bits per heavy atom. The molecule has 1 saturated carbocycles. The van der Waals surface area contributed by atoms with Gasteiger partial charge in [0.15, 0.2) is 0 Å². The predicted octanol–water partition coefficient (Wildman–Crippen LogP) is 0.552. The van der Waals surface area contributed by atoms with Crippen molar-refractivity contribution >= 4 is 16.1 Å². The summed E-state index contributed by atoms with van der Waals surface area (Å²) < 4.78 is 29.8. The van der Waals surface area contributed by atoms with Crippen molar-refractivity contribution in [2.45, 2.75) is 42.7 Å². The lowest BCUT2D eigenvalue weighted by atomic mass is 9.92. The van der Waals surface area contributed by atoms with Crippen LogP contribution in [0.3, 0.4) is 0 Å². The molecule has 7 N–H and O–H groups in total. The van der Waals surface area contributed by atoms with Crippen LogP contribution in [0.2, 0.25) is 0 Å². The van der Waals surface area contributed by atoms with Gasteiger partial charge in [0.25, 0.3) is 10.1 Å². The zero-order valence-electron chi connectivity index (χ0n) is 11.8. The van der Waals surface area contributed by atoms with Gasteiger partial charge in [0.2, 0.25) is 0 Å². The van der Waals surface area contributed by atoms with Gasteiger partial charge in [-0.3, -0.25) is 4.55 Å². The Hall–Kier alpha value is -1.68. The van der Waals surface area contributed by atoms with Gasteiger partial charge in [-0.05, 0) is 31.0 Å². The van der Waals surface area contributed by atoms with E-state index < -0.39 is 32.3 Å². The molecule has 22 heavy (non-hydrogen) atoms. The van der Waals surface area contributed by atoms with Crippen molar-refractivity contribution in [3.05, 3.63) is 23.8 Å². The highest BCUT2D eigenvalue weighted by Gasteiger charge is 2.17. The smallest absolute Gasteiger partial charge is 0.339 e. The zero-order valence-corrected chi connectivity index (χ0v) is 12.7. The SMILES string of the molecule is N[C@@H]1CCCC[C@H]1N.O=C(O)c1cc(S(=O)(=O)O)ccc1O. The fraction of sp³-hybridized carbons (Fsp3) is 0.462. The van der Waals surface area contributed by atoms with E-state index in [4.69, 9.17) is 26.2 Å². The van der Waals surface area contributed by atoms with Gasteiger partial charge in [-0.2, -0.15) is 8.42 Å². The largest absolute Gasteiger partial charge is 0.507 e. The number of carboxylic acids is 1. The van der Waals surface area contributed by atoms with Gasteiger partial charge in [0.1, 0.15) is 11.3 Å². The first-order valence-corrected chi connectivity index (χ1v) is 8.12. The Bertz CT molecular complexity index is 621. The van der Waals surface area contributed by atoms with Crippen LogP contribution in [0.1, 0.15) is 36.0 Å². The number of benzene rings is 1. The molecular weight excluding hydrogens is 312 g/mol. The van der Waals surface area contributed by atoms with Gasteiger partial charge in [0, 0.05) is 12.1 Å². The van der Waals surface area contributed by atoms with Crippen LogP contribution in [0, 0.1) is 0 Å². The van der Waals surface area contributed by atoms with E-state index in [1.807, 2.05) is 0 Å². The summed E-state index contributed by atoms with van der Waals surface area (Å²) in [5.74, 6) is -2.04. The molecule has 0 heterocycles. The van der Waals surface area contributed by atoms with Crippen LogP contribution in [-0.4, -0.2) is 41.2 Å². The molecule has 1 fully saturated rings. The maximum Gasteiger partial charge on any atom is 0.339 e. The Morgan fingerprint density at radius 2 is 1.64 bits per heavy atom. The van der Waals surface area contributed by atoms with Crippen molar-refractivity contribution in [1.29, 1.82) is 0 Å². The standard InChI is InChI=1S/C7H6O6S.C6H14N2/c8-6-2-1-4(14(11,12)13)3-5(6)7(9)10;7-5-3-1-2-4-6(5)8/h1-3,8H,(H,9,10)(H,11,12,13);5-6H,1-4,7-8H2/t;5-,6-/m.1/s1. The van der Waals surface area contributed by atoms with E-state index in [9.17, 15) is 13.2 Å². The fourth-order valence-corrected chi connectivity index (χ4v) is 2.54. The summed E-state index contributed by atoms with van der Waals surface area (Å²) in [5, 5.41) is 17.5. The molecule has 0 bridgehead atoms. The average Bonchev–Trinajstić information content (AvgIpc) is 2.42. The van der Waals surface area contributed by atoms with Crippen molar-refractivity contribution in [2.24, 2.45) is 11.5 Å². The maximum atomic E-state index is 10.6. The number of rotatable bonds is 2. The molecule has 9 heteroatoms. The number of aromatic carboxylic acids is 1. The highest BCUT2D eigenvalue weighted by Crippen LogP contribution is 2.20. The third-order valence-corrected chi connectivity index (χ3v) is 4.22. The molecule has 0 aliphatic heterocycles. The molecule has 0 unspecified atom stereocenters. The molecule has 2 atom stereocenters. The topological polar surface area (TPSA) is 164 Å².